The molecular weight excluding hydrogens is 240 g/mol. The van der Waals surface area contributed by atoms with Gasteiger partial charge >= 0.3 is 0 Å². The third-order valence-electron chi connectivity index (χ3n) is 3.84. The molecule has 1 aliphatic heterocycles. The molecule has 1 aliphatic rings. The maximum atomic E-state index is 12.3. The zero-order valence-electron chi connectivity index (χ0n) is 13.1. The minimum absolute atomic E-state index is 0.236. The van der Waals surface area contributed by atoms with E-state index in [-0.39, 0.29) is 5.91 Å². The van der Waals surface area contributed by atoms with E-state index in [4.69, 9.17) is 4.74 Å². The zero-order valence-corrected chi connectivity index (χ0v) is 13.1. The first-order valence-corrected chi connectivity index (χ1v) is 7.47. The van der Waals surface area contributed by atoms with Gasteiger partial charge in [0.15, 0.2) is 0 Å². The molecule has 4 nitrogen and oxygen atoms in total. The molecule has 4 heteroatoms. The molecule has 1 saturated heterocycles. The molecule has 0 saturated carbocycles. The Labute approximate surface area is 117 Å². The number of carbonyl (C=O) groups excluding carboxylic acids is 1. The van der Waals surface area contributed by atoms with Crippen molar-refractivity contribution in [2.45, 2.75) is 52.6 Å². The first-order chi connectivity index (χ1) is 8.95. The molecule has 2 atom stereocenters. The molecule has 0 aromatic heterocycles. The average Bonchev–Trinajstić information content (AvgIpc) is 2.35. The summed E-state index contributed by atoms with van der Waals surface area (Å²) in [5.41, 5.74) is 0. The lowest BCUT2D eigenvalue weighted by Gasteiger charge is -2.42. The number of ether oxygens (including phenoxy) is 1. The summed E-state index contributed by atoms with van der Waals surface area (Å²) in [5, 5.41) is 3.59. The van der Waals surface area contributed by atoms with Crippen molar-refractivity contribution in [3.05, 3.63) is 0 Å². The summed E-state index contributed by atoms with van der Waals surface area (Å²) in [4.78, 5) is 14.4. The van der Waals surface area contributed by atoms with Crippen LogP contribution in [0.4, 0.5) is 0 Å². The summed E-state index contributed by atoms with van der Waals surface area (Å²) < 4.78 is 5.03. The van der Waals surface area contributed by atoms with E-state index in [1.54, 1.807) is 7.11 Å². The molecule has 2 unspecified atom stereocenters. The van der Waals surface area contributed by atoms with Crippen molar-refractivity contribution in [3.63, 3.8) is 0 Å². The minimum Gasteiger partial charge on any atom is -0.384 e. The highest BCUT2D eigenvalue weighted by molar-refractivity contribution is 5.76. The third-order valence-corrected chi connectivity index (χ3v) is 3.84. The van der Waals surface area contributed by atoms with Crippen molar-refractivity contribution in [2.24, 2.45) is 11.8 Å². The molecule has 1 rings (SSSR count). The lowest BCUT2D eigenvalue weighted by molar-refractivity contribution is -0.136. The Balaban J connectivity index is 2.67. The van der Waals surface area contributed by atoms with E-state index in [0.717, 1.165) is 19.5 Å². The number of amides is 1. The lowest BCUT2D eigenvalue weighted by Crippen LogP contribution is -2.60. The van der Waals surface area contributed by atoms with Crippen molar-refractivity contribution in [1.29, 1.82) is 0 Å². The fourth-order valence-corrected chi connectivity index (χ4v) is 2.66. The van der Waals surface area contributed by atoms with Gasteiger partial charge in [0.1, 0.15) is 0 Å². The van der Waals surface area contributed by atoms with Gasteiger partial charge in [-0.3, -0.25) is 4.79 Å². The molecule has 0 aromatic carbocycles. The van der Waals surface area contributed by atoms with Crippen molar-refractivity contribution >= 4 is 5.91 Å². The van der Waals surface area contributed by atoms with E-state index in [0.29, 0.717) is 36.9 Å². The van der Waals surface area contributed by atoms with Crippen LogP contribution in [0, 0.1) is 11.8 Å². The van der Waals surface area contributed by atoms with Crippen LogP contribution in [0.25, 0.3) is 0 Å². The van der Waals surface area contributed by atoms with E-state index in [9.17, 15) is 4.79 Å². The molecule has 0 aromatic rings. The highest BCUT2D eigenvalue weighted by atomic mass is 16.5. The second-order valence-electron chi connectivity index (χ2n) is 6.33. The second-order valence-corrected chi connectivity index (χ2v) is 6.33. The van der Waals surface area contributed by atoms with Crippen LogP contribution in [-0.2, 0) is 9.53 Å². The van der Waals surface area contributed by atoms with E-state index in [1.807, 2.05) is 0 Å². The quantitative estimate of drug-likeness (QED) is 0.801. The molecule has 1 fully saturated rings. The van der Waals surface area contributed by atoms with Crippen LogP contribution in [0.2, 0.25) is 0 Å². The van der Waals surface area contributed by atoms with Crippen LogP contribution in [0.5, 0.6) is 0 Å². The van der Waals surface area contributed by atoms with Gasteiger partial charge in [-0.2, -0.15) is 0 Å². The van der Waals surface area contributed by atoms with Crippen LogP contribution >= 0.6 is 0 Å². The van der Waals surface area contributed by atoms with Crippen molar-refractivity contribution < 1.29 is 9.53 Å². The predicted molar refractivity (Wildman–Crippen MR) is 78.1 cm³/mol. The van der Waals surface area contributed by atoms with Crippen molar-refractivity contribution in [1.82, 2.24) is 10.2 Å². The topological polar surface area (TPSA) is 41.6 Å². The van der Waals surface area contributed by atoms with Crippen molar-refractivity contribution in [2.75, 3.05) is 26.8 Å². The van der Waals surface area contributed by atoms with E-state index < -0.39 is 0 Å². The third kappa shape index (κ3) is 5.11. The van der Waals surface area contributed by atoms with E-state index in [1.165, 1.54) is 0 Å². The summed E-state index contributed by atoms with van der Waals surface area (Å²) in [6, 6.07) is 0.745. The molecule has 19 heavy (non-hydrogen) atoms. The maximum Gasteiger partial charge on any atom is 0.225 e. The van der Waals surface area contributed by atoms with Gasteiger partial charge in [0.25, 0.3) is 0 Å². The molecule has 0 aliphatic carbocycles. The van der Waals surface area contributed by atoms with Crippen LogP contribution in [-0.4, -0.2) is 49.7 Å². The van der Waals surface area contributed by atoms with Crippen LogP contribution in [0.15, 0.2) is 0 Å². The number of hydrogen-bond donors (Lipinski definition) is 1. The second kappa shape index (κ2) is 7.85. The molecular formula is C15H30N2O2. The number of hydrogen-bond acceptors (Lipinski definition) is 3. The van der Waals surface area contributed by atoms with Gasteiger partial charge in [0.05, 0.1) is 13.0 Å². The van der Waals surface area contributed by atoms with Crippen LogP contribution in [0.1, 0.15) is 40.5 Å². The molecule has 1 heterocycles. The SMILES string of the molecule is COCCC(=O)N1CC(C(C)C)NCC1CC(C)C. The summed E-state index contributed by atoms with van der Waals surface area (Å²) in [6.07, 6.45) is 1.56. The molecule has 0 radical (unpaired) electrons. The zero-order chi connectivity index (χ0) is 14.4. The molecule has 112 valence electrons. The van der Waals surface area contributed by atoms with Gasteiger partial charge in [-0.25, -0.2) is 0 Å². The molecule has 0 spiro atoms. The van der Waals surface area contributed by atoms with Gasteiger partial charge in [-0.1, -0.05) is 27.7 Å². The molecule has 1 N–H and O–H groups in total. The van der Waals surface area contributed by atoms with Gasteiger partial charge in [0.2, 0.25) is 5.91 Å². The summed E-state index contributed by atoms with van der Waals surface area (Å²) >= 11 is 0. The Morgan fingerprint density at radius 2 is 2.05 bits per heavy atom. The average molecular weight is 270 g/mol. The fraction of sp³-hybridized carbons (Fsp3) is 0.933. The smallest absolute Gasteiger partial charge is 0.225 e. The normalized spacial score (nSPS) is 24.3. The van der Waals surface area contributed by atoms with Gasteiger partial charge < -0.3 is 15.0 Å². The lowest BCUT2D eigenvalue weighted by atomic mass is 9.95. The Kier molecular flexibility index (Phi) is 6.80. The molecule has 0 bridgehead atoms. The summed E-state index contributed by atoms with van der Waals surface area (Å²) in [7, 11) is 1.65. The van der Waals surface area contributed by atoms with E-state index >= 15 is 0 Å². The number of rotatable bonds is 6. The summed E-state index contributed by atoms with van der Waals surface area (Å²) in [5.74, 6) is 1.40. The van der Waals surface area contributed by atoms with Gasteiger partial charge in [-0.15, -0.1) is 0 Å². The molecule has 1 amide bonds. The standard InChI is InChI=1S/C15H30N2O2/c1-11(2)8-13-9-16-14(12(3)4)10-17(13)15(18)6-7-19-5/h11-14,16H,6-10H2,1-5H3. The number of piperazine rings is 1. The Morgan fingerprint density at radius 1 is 1.37 bits per heavy atom. The fourth-order valence-electron chi connectivity index (χ4n) is 2.66. The highest BCUT2D eigenvalue weighted by Gasteiger charge is 2.32. The Morgan fingerprint density at radius 3 is 2.58 bits per heavy atom. The first kappa shape index (κ1) is 16.4. The monoisotopic (exact) mass is 270 g/mol. The number of carbonyl (C=O) groups is 1. The minimum atomic E-state index is 0.236. The number of nitrogens with one attached hydrogen (secondary N) is 1. The Hall–Kier alpha value is -0.610. The van der Waals surface area contributed by atoms with Crippen molar-refractivity contribution in [3.8, 4) is 0 Å². The predicted octanol–water partition coefficient (Wildman–Crippen LogP) is 1.89. The van der Waals surface area contributed by atoms with Gasteiger partial charge in [0, 0.05) is 32.3 Å². The Bertz CT molecular complexity index is 279. The largest absolute Gasteiger partial charge is 0.384 e. The summed E-state index contributed by atoms with van der Waals surface area (Å²) in [6.45, 7) is 11.1. The van der Waals surface area contributed by atoms with Crippen LogP contribution < -0.4 is 5.32 Å². The van der Waals surface area contributed by atoms with Crippen LogP contribution in [0.3, 0.4) is 0 Å². The first-order valence-electron chi connectivity index (χ1n) is 7.47. The van der Waals surface area contributed by atoms with E-state index in [2.05, 4.69) is 37.9 Å². The maximum absolute atomic E-state index is 12.3. The highest BCUT2D eigenvalue weighted by Crippen LogP contribution is 2.19. The van der Waals surface area contributed by atoms with Gasteiger partial charge in [-0.05, 0) is 18.3 Å². The number of nitrogens with zero attached hydrogens (tertiary/aromatic N) is 1. The number of methoxy groups -OCH3 is 1.